The van der Waals surface area contributed by atoms with Crippen LogP contribution >= 0.6 is 15.9 Å². The minimum atomic E-state index is -0.936. The van der Waals surface area contributed by atoms with Crippen molar-refractivity contribution in [2.75, 3.05) is 19.0 Å². The highest BCUT2D eigenvalue weighted by atomic mass is 79.9. The lowest BCUT2D eigenvalue weighted by Crippen LogP contribution is -2.33. The van der Waals surface area contributed by atoms with Gasteiger partial charge < -0.3 is 15.2 Å². The van der Waals surface area contributed by atoms with E-state index in [2.05, 4.69) is 21.2 Å². The fraction of sp³-hybridized carbons (Fsp3) is 0.214. The molecule has 2 aromatic rings. The summed E-state index contributed by atoms with van der Waals surface area (Å²) in [7, 11) is 1.48. The molecule has 0 aliphatic heterocycles. The zero-order valence-corrected chi connectivity index (χ0v) is 12.0. The van der Waals surface area contributed by atoms with Crippen LogP contribution in [0.25, 0.3) is 10.8 Å². The molecule has 19 heavy (non-hydrogen) atoms. The number of carbonyl (C=O) groups is 1. The Bertz CT molecular complexity index is 600. The second-order valence-corrected chi connectivity index (χ2v) is 4.99. The number of aliphatic carboxylic acids is 1. The predicted octanol–water partition coefficient (Wildman–Crippen LogP) is 3.11. The minimum absolute atomic E-state index is 0.111. The first-order valence-corrected chi connectivity index (χ1v) is 6.58. The minimum Gasteiger partial charge on any atom is -0.480 e. The molecule has 0 bridgehead atoms. The first-order valence-electron chi connectivity index (χ1n) is 5.79. The van der Waals surface area contributed by atoms with Gasteiger partial charge in [0.2, 0.25) is 0 Å². The van der Waals surface area contributed by atoms with Gasteiger partial charge in [0, 0.05) is 22.7 Å². The average molecular weight is 324 g/mol. The summed E-state index contributed by atoms with van der Waals surface area (Å²) in [4.78, 5) is 11.1. The third kappa shape index (κ3) is 3.05. The van der Waals surface area contributed by atoms with E-state index in [1.165, 1.54) is 7.11 Å². The maximum atomic E-state index is 11.1. The lowest BCUT2D eigenvalue weighted by atomic mass is 10.1. The number of benzene rings is 2. The van der Waals surface area contributed by atoms with Gasteiger partial charge in [-0.2, -0.15) is 0 Å². The van der Waals surface area contributed by atoms with Crippen molar-refractivity contribution in [3.05, 3.63) is 40.9 Å². The Hall–Kier alpha value is -1.59. The van der Waals surface area contributed by atoms with E-state index in [0.29, 0.717) is 0 Å². The maximum absolute atomic E-state index is 11.1. The molecule has 0 fully saturated rings. The highest BCUT2D eigenvalue weighted by Gasteiger charge is 2.17. The Morgan fingerprint density at radius 1 is 1.32 bits per heavy atom. The largest absolute Gasteiger partial charge is 0.480 e. The van der Waals surface area contributed by atoms with E-state index in [1.807, 2.05) is 36.4 Å². The molecule has 2 N–H and O–H groups in total. The molecule has 4 nitrogen and oxygen atoms in total. The number of ether oxygens (including phenoxy) is 1. The fourth-order valence-electron chi connectivity index (χ4n) is 1.92. The summed E-state index contributed by atoms with van der Waals surface area (Å²) in [5.41, 5.74) is 0.781. The number of carboxylic acids is 1. The number of anilines is 1. The number of methoxy groups -OCH3 is 1. The fourth-order valence-corrected chi connectivity index (χ4v) is 2.40. The van der Waals surface area contributed by atoms with E-state index in [9.17, 15) is 4.79 Å². The van der Waals surface area contributed by atoms with Crippen LogP contribution in [-0.2, 0) is 9.53 Å². The summed E-state index contributed by atoms with van der Waals surface area (Å²) in [5, 5.41) is 14.2. The quantitative estimate of drug-likeness (QED) is 0.887. The van der Waals surface area contributed by atoms with Gasteiger partial charge >= 0.3 is 5.97 Å². The van der Waals surface area contributed by atoms with Crippen molar-refractivity contribution >= 4 is 38.4 Å². The molecule has 0 saturated heterocycles. The van der Waals surface area contributed by atoms with Crippen LogP contribution in [-0.4, -0.2) is 30.8 Å². The lowest BCUT2D eigenvalue weighted by molar-refractivity contribution is -0.139. The van der Waals surface area contributed by atoms with Crippen LogP contribution in [0.1, 0.15) is 0 Å². The topological polar surface area (TPSA) is 58.6 Å². The van der Waals surface area contributed by atoms with Crippen LogP contribution in [0, 0.1) is 0 Å². The van der Waals surface area contributed by atoms with Gasteiger partial charge in [-0.3, -0.25) is 0 Å². The Kier molecular flexibility index (Phi) is 4.39. The Morgan fingerprint density at radius 2 is 2.00 bits per heavy atom. The summed E-state index contributed by atoms with van der Waals surface area (Å²) >= 11 is 3.49. The van der Waals surface area contributed by atoms with Gasteiger partial charge in [0.05, 0.1) is 6.61 Å². The molecule has 0 heterocycles. The van der Waals surface area contributed by atoms with Gasteiger partial charge in [-0.15, -0.1) is 0 Å². The van der Waals surface area contributed by atoms with E-state index in [0.717, 1.165) is 20.9 Å². The van der Waals surface area contributed by atoms with Crippen molar-refractivity contribution in [3.63, 3.8) is 0 Å². The van der Waals surface area contributed by atoms with Crippen LogP contribution in [0.2, 0.25) is 0 Å². The predicted molar refractivity (Wildman–Crippen MR) is 78.6 cm³/mol. The van der Waals surface area contributed by atoms with Crippen molar-refractivity contribution in [1.29, 1.82) is 0 Å². The number of fused-ring (bicyclic) bond motifs is 1. The SMILES string of the molecule is COCC(Nc1ccc(Br)c2ccccc12)C(=O)O. The van der Waals surface area contributed by atoms with E-state index in [-0.39, 0.29) is 6.61 Å². The third-order valence-electron chi connectivity index (χ3n) is 2.83. The van der Waals surface area contributed by atoms with Gasteiger partial charge in [0.25, 0.3) is 0 Å². The van der Waals surface area contributed by atoms with Crippen molar-refractivity contribution < 1.29 is 14.6 Å². The van der Waals surface area contributed by atoms with Crippen molar-refractivity contribution in [2.24, 2.45) is 0 Å². The second kappa shape index (κ2) is 6.04. The summed E-state index contributed by atoms with van der Waals surface area (Å²) in [6, 6.07) is 10.8. The van der Waals surface area contributed by atoms with E-state index in [4.69, 9.17) is 9.84 Å². The molecule has 1 unspecified atom stereocenters. The summed E-state index contributed by atoms with van der Waals surface area (Å²) in [6.45, 7) is 0.111. The van der Waals surface area contributed by atoms with Crippen LogP contribution in [0.3, 0.4) is 0 Å². The monoisotopic (exact) mass is 323 g/mol. The van der Waals surface area contributed by atoms with Gasteiger partial charge in [-0.1, -0.05) is 40.2 Å². The Balaban J connectivity index is 2.40. The molecule has 0 spiro atoms. The number of nitrogens with one attached hydrogen (secondary N) is 1. The van der Waals surface area contributed by atoms with E-state index < -0.39 is 12.0 Å². The highest BCUT2D eigenvalue weighted by molar-refractivity contribution is 9.10. The molecule has 1 atom stereocenters. The van der Waals surface area contributed by atoms with Gasteiger partial charge in [-0.05, 0) is 17.5 Å². The second-order valence-electron chi connectivity index (χ2n) is 4.13. The van der Waals surface area contributed by atoms with Crippen LogP contribution < -0.4 is 5.32 Å². The van der Waals surface area contributed by atoms with Gasteiger partial charge in [0.15, 0.2) is 0 Å². The molecular weight excluding hydrogens is 310 g/mol. The molecule has 0 amide bonds. The Labute approximate surface area is 119 Å². The molecule has 2 aromatic carbocycles. The van der Waals surface area contributed by atoms with Crippen molar-refractivity contribution in [3.8, 4) is 0 Å². The third-order valence-corrected chi connectivity index (χ3v) is 3.52. The standard InChI is InChI=1S/C14H14BrNO3/c1-19-8-13(14(17)18)16-12-7-6-11(15)9-4-2-3-5-10(9)12/h2-7,13,16H,8H2,1H3,(H,17,18). The highest BCUT2D eigenvalue weighted by Crippen LogP contribution is 2.30. The molecular formula is C14H14BrNO3. The first kappa shape index (κ1) is 13.8. The Morgan fingerprint density at radius 3 is 2.63 bits per heavy atom. The molecule has 2 rings (SSSR count). The molecule has 0 saturated carbocycles. The summed E-state index contributed by atoms with van der Waals surface area (Å²) in [5.74, 6) is -0.936. The molecule has 0 aliphatic rings. The first-order chi connectivity index (χ1) is 9.13. The van der Waals surface area contributed by atoms with E-state index in [1.54, 1.807) is 0 Å². The van der Waals surface area contributed by atoms with E-state index >= 15 is 0 Å². The molecule has 0 aliphatic carbocycles. The summed E-state index contributed by atoms with van der Waals surface area (Å²) < 4.78 is 5.90. The number of halogens is 1. The van der Waals surface area contributed by atoms with Gasteiger partial charge in [0.1, 0.15) is 6.04 Å². The molecule has 0 aromatic heterocycles. The van der Waals surface area contributed by atoms with Crippen LogP contribution in [0.15, 0.2) is 40.9 Å². The van der Waals surface area contributed by atoms with Crippen LogP contribution in [0.4, 0.5) is 5.69 Å². The average Bonchev–Trinajstić information content (AvgIpc) is 2.41. The van der Waals surface area contributed by atoms with Gasteiger partial charge in [-0.25, -0.2) is 4.79 Å². The zero-order chi connectivity index (χ0) is 13.8. The molecule has 0 radical (unpaired) electrons. The number of hydrogen-bond acceptors (Lipinski definition) is 3. The number of carboxylic acid groups (broad SMARTS) is 1. The number of hydrogen-bond donors (Lipinski definition) is 2. The summed E-state index contributed by atoms with van der Waals surface area (Å²) in [6.07, 6.45) is 0. The van der Waals surface area contributed by atoms with Crippen LogP contribution in [0.5, 0.6) is 0 Å². The molecule has 5 heteroatoms. The van der Waals surface area contributed by atoms with Crippen molar-refractivity contribution in [1.82, 2.24) is 0 Å². The normalized spacial score (nSPS) is 12.3. The lowest BCUT2D eigenvalue weighted by Gasteiger charge is -2.17. The maximum Gasteiger partial charge on any atom is 0.328 e. The number of rotatable bonds is 5. The molecule has 100 valence electrons. The smallest absolute Gasteiger partial charge is 0.328 e. The van der Waals surface area contributed by atoms with Crippen molar-refractivity contribution in [2.45, 2.75) is 6.04 Å². The zero-order valence-electron chi connectivity index (χ0n) is 10.4.